The third-order valence-corrected chi connectivity index (χ3v) is 5.42. The standard InChI is InChI=1S/C21H21BrN2O4/c22-14-6-7-18-16(12-14)17(8-10-28-18)24-20(25)13-3-1-4-15(11-13)23-21(26)19-5-2-9-27-19/h1,3-4,6-7,11-12,17,19H,2,5,8-10H2,(H,23,26)(H,24,25). The minimum absolute atomic E-state index is 0.126. The third kappa shape index (κ3) is 4.20. The average molecular weight is 445 g/mol. The van der Waals surface area contributed by atoms with E-state index in [0.717, 1.165) is 28.6 Å². The predicted octanol–water partition coefficient (Wildman–Crippen LogP) is 3.82. The maximum Gasteiger partial charge on any atom is 0.253 e. The van der Waals surface area contributed by atoms with E-state index in [1.54, 1.807) is 24.3 Å². The largest absolute Gasteiger partial charge is 0.493 e. The molecule has 0 aromatic heterocycles. The van der Waals surface area contributed by atoms with Gasteiger partial charge in [-0.3, -0.25) is 9.59 Å². The SMILES string of the molecule is O=C(NC1CCOc2ccc(Br)cc21)c1cccc(NC(=O)C2CCCO2)c1. The first-order valence-corrected chi connectivity index (χ1v) is 10.1. The summed E-state index contributed by atoms with van der Waals surface area (Å²) in [7, 11) is 0. The number of amides is 2. The number of carbonyl (C=O) groups is 2. The Morgan fingerprint density at radius 3 is 2.79 bits per heavy atom. The Kier molecular flexibility index (Phi) is 5.64. The van der Waals surface area contributed by atoms with Gasteiger partial charge in [-0.05, 0) is 49.2 Å². The molecule has 2 heterocycles. The molecule has 0 spiro atoms. The van der Waals surface area contributed by atoms with Gasteiger partial charge in [-0.25, -0.2) is 0 Å². The van der Waals surface area contributed by atoms with E-state index in [2.05, 4.69) is 26.6 Å². The van der Waals surface area contributed by atoms with Crippen LogP contribution in [0.2, 0.25) is 0 Å². The van der Waals surface area contributed by atoms with Crippen LogP contribution in [-0.4, -0.2) is 31.1 Å². The number of hydrogen-bond donors (Lipinski definition) is 2. The van der Waals surface area contributed by atoms with Gasteiger partial charge < -0.3 is 20.1 Å². The van der Waals surface area contributed by atoms with Crippen LogP contribution < -0.4 is 15.4 Å². The summed E-state index contributed by atoms with van der Waals surface area (Å²) >= 11 is 3.47. The lowest BCUT2D eigenvalue weighted by Gasteiger charge is -2.27. The molecule has 28 heavy (non-hydrogen) atoms. The van der Waals surface area contributed by atoms with Crippen molar-refractivity contribution in [3.63, 3.8) is 0 Å². The van der Waals surface area contributed by atoms with Gasteiger partial charge >= 0.3 is 0 Å². The molecule has 1 fully saturated rings. The molecule has 0 saturated carbocycles. The van der Waals surface area contributed by atoms with E-state index in [4.69, 9.17) is 9.47 Å². The van der Waals surface area contributed by atoms with Crippen LogP contribution in [0.15, 0.2) is 46.9 Å². The molecule has 146 valence electrons. The highest BCUT2D eigenvalue weighted by molar-refractivity contribution is 9.10. The summed E-state index contributed by atoms with van der Waals surface area (Å²) < 4.78 is 12.0. The lowest BCUT2D eigenvalue weighted by Crippen LogP contribution is -2.32. The van der Waals surface area contributed by atoms with E-state index >= 15 is 0 Å². The molecule has 2 N–H and O–H groups in total. The van der Waals surface area contributed by atoms with Gasteiger partial charge in [-0.15, -0.1) is 0 Å². The fourth-order valence-corrected chi connectivity index (χ4v) is 3.88. The van der Waals surface area contributed by atoms with Gasteiger partial charge in [0.25, 0.3) is 11.8 Å². The normalized spacial score (nSPS) is 20.8. The molecule has 2 aliphatic rings. The first kappa shape index (κ1) is 19.0. The third-order valence-electron chi connectivity index (χ3n) is 4.93. The fourth-order valence-electron chi connectivity index (χ4n) is 3.50. The number of fused-ring (bicyclic) bond motifs is 1. The molecule has 1 saturated heterocycles. The van der Waals surface area contributed by atoms with Crippen molar-refractivity contribution in [2.24, 2.45) is 0 Å². The molecule has 2 aromatic carbocycles. The highest BCUT2D eigenvalue weighted by Crippen LogP contribution is 2.34. The van der Waals surface area contributed by atoms with Crippen molar-refractivity contribution in [2.45, 2.75) is 31.4 Å². The second-order valence-corrected chi connectivity index (χ2v) is 7.83. The summed E-state index contributed by atoms with van der Waals surface area (Å²) in [5.41, 5.74) is 2.04. The number of nitrogens with one attached hydrogen (secondary N) is 2. The van der Waals surface area contributed by atoms with E-state index in [1.165, 1.54) is 0 Å². The van der Waals surface area contributed by atoms with Crippen LogP contribution in [0, 0.1) is 0 Å². The Morgan fingerprint density at radius 2 is 1.96 bits per heavy atom. The Hall–Kier alpha value is -2.38. The molecule has 4 rings (SSSR count). The number of anilines is 1. The van der Waals surface area contributed by atoms with Crippen LogP contribution >= 0.6 is 15.9 Å². The van der Waals surface area contributed by atoms with Crippen molar-refractivity contribution < 1.29 is 19.1 Å². The maximum atomic E-state index is 12.8. The molecule has 2 aliphatic heterocycles. The molecule has 7 heteroatoms. The average Bonchev–Trinajstić information content (AvgIpc) is 3.24. The Morgan fingerprint density at radius 1 is 1.07 bits per heavy atom. The van der Waals surface area contributed by atoms with Crippen LogP contribution in [0.4, 0.5) is 5.69 Å². The summed E-state index contributed by atoms with van der Waals surface area (Å²) in [6.07, 6.45) is 1.91. The van der Waals surface area contributed by atoms with E-state index in [1.807, 2.05) is 18.2 Å². The van der Waals surface area contributed by atoms with Crippen molar-refractivity contribution in [1.82, 2.24) is 5.32 Å². The first-order chi connectivity index (χ1) is 13.6. The van der Waals surface area contributed by atoms with Crippen LogP contribution in [0.1, 0.15) is 41.2 Å². The fraction of sp³-hybridized carbons (Fsp3) is 0.333. The zero-order valence-electron chi connectivity index (χ0n) is 15.2. The van der Waals surface area contributed by atoms with Gasteiger partial charge in [-0.2, -0.15) is 0 Å². The van der Waals surface area contributed by atoms with Gasteiger partial charge in [0.15, 0.2) is 0 Å². The van der Waals surface area contributed by atoms with Crippen LogP contribution in [0.5, 0.6) is 5.75 Å². The summed E-state index contributed by atoms with van der Waals surface area (Å²) in [5, 5.41) is 5.91. The smallest absolute Gasteiger partial charge is 0.253 e. The first-order valence-electron chi connectivity index (χ1n) is 9.36. The van der Waals surface area contributed by atoms with E-state index in [-0.39, 0.29) is 17.9 Å². The van der Waals surface area contributed by atoms with Crippen LogP contribution in [0.3, 0.4) is 0 Å². The number of ether oxygens (including phenoxy) is 2. The summed E-state index contributed by atoms with van der Waals surface area (Å²) in [5.74, 6) is 0.432. The van der Waals surface area contributed by atoms with Gasteiger partial charge in [0, 0.05) is 34.3 Å². The quantitative estimate of drug-likeness (QED) is 0.751. The zero-order valence-corrected chi connectivity index (χ0v) is 16.8. The molecule has 0 aliphatic carbocycles. The van der Waals surface area contributed by atoms with E-state index in [0.29, 0.717) is 30.9 Å². The summed E-state index contributed by atoms with van der Waals surface area (Å²) in [6.45, 7) is 1.17. The topological polar surface area (TPSA) is 76.7 Å². The number of halogens is 1. The molecular weight excluding hydrogens is 424 g/mol. The number of carbonyl (C=O) groups excluding carboxylic acids is 2. The molecule has 2 unspecified atom stereocenters. The number of benzene rings is 2. The van der Waals surface area contributed by atoms with Crippen molar-refractivity contribution >= 4 is 33.4 Å². The van der Waals surface area contributed by atoms with E-state index < -0.39 is 6.10 Å². The lowest BCUT2D eigenvalue weighted by molar-refractivity contribution is -0.124. The van der Waals surface area contributed by atoms with Crippen LogP contribution in [-0.2, 0) is 9.53 Å². The van der Waals surface area contributed by atoms with E-state index in [9.17, 15) is 9.59 Å². The predicted molar refractivity (Wildman–Crippen MR) is 109 cm³/mol. The molecule has 0 radical (unpaired) electrons. The monoisotopic (exact) mass is 444 g/mol. The Labute approximate surface area is 171 Å². The highest BCUT2D eigenvalue weighted by Gasteiger charge is 2.25. The van der Waals surface area contributed by atoms with Crippen molar-refractivity contribution in [1.29, 1.82) is 0 Å². The molecule has 2 aromatic rings. The summed E-state index contributed by atoms with van der Waals surface area (Å²) in [4.78, 5) is 25.0. The van der Waals surface area contributed by atoms with Crippen molar-refractivity contribution in [3.8, 4) is 5.75 Å². The second-order valence-electron chi connectivity index (χ2n) is 6.92. The van der Waals surface area contributed by atoms with Gasteiger partial charge in [0.1, 0.15) is 11.9 Å². The zero-order chi connectivity index (χ0) is 19.5. The van der Waals surface area contributed by atoms with Crippen molar-refractivity contribution in [2.75, 3.05) is 18.5 Å². The number of rotatable bonds is 4. The molecular formula is C21H21BrN2O4. The van der Waals surface area contributed by atoms with Gasteiger partial charge in [-0.1, -0.05) is 22.0 Å². The number of hydrogen-bond acceptors (Lipinski definition) is 4. The maximum absolute atomic E-state index is 12.8. The minimum atomic E-state index is -0.408. The van der Waals surface area contributed by atoms with Gasteiger partial charge in [0.2, 0.25) is 0 Å². The molecule has 2 amide bonds. The molecule has 6 nitrogen and oxygen atoms in total. The summed E-state index contributed by atoms with van der Waals surface area (Å²) in [6, 6.07) is 12.6. The highest BCUT2D eigenvalue weighted by atomic mass is 79.9. The lowest BCUT2D eigenvalue weighted by atomic mass is 10.00. The molecule has 0 bridgehead atoms. The second kappa shape index (κ2) is 8.32. The Balaban J connectivity index is 1.46. The minimum Gasteiger partial charge on any atom is -0.493 e. The van der Waals surface area contributed by atoms with Gasteiger partial charge in [0.05, 0.1) is 12.6 Å². The molecule has 2 atom stereocenters. The Bertz CT molecular complexity index is 896. The van der Waals surface area contributed by atoms with Crippen LogP contribution in [0.25, 0.3) is 0 Å². The van der Waals surface area contributed by atoms with Crippen molar-refractivity contribution in [3.05, 3.63) is 58.1 Å².